The van der Waals surface area contributed by atoms with E-state index in [1.165, 1.54) is 7.11 Å². The van der Waals surface area contributed by atoms with Crippen LogP contribution in [0.5, 0.6) is 0 Å². The highest BCUT2D eigenvalue weighted by atomic mass is 32.2. The van der Waals surface area contributed by atoms with Crippen LogP contribution in [0.2, 0.25) is 0 Å². The molecule has 3 atom stereocenters. The molecule has 11 heavy (non-hydrogen) atoms. The molecule has 4 nitrogen and oxygen atoms in total. The number of hydrogen-bond donors (Lipinski definition) is 2. The maximum atomic E-state index is 10.7. The van der Waals surface area contributed by atoms with Crippen LogP contribution in [-0.4, -0.2) is 39.5 Å². The van der Waals surface area contributed by atoms with Crippen molar-refractivity contribution in [2.24, 2.45) is 5.92 Å². The summed E-state index contributed by atoms with van der Waals surface area (Å²) in [6, 6.07) is 0. The van der Waals surface area contributed by atoms with Gasteiger partial charge in [0.2, 0.25) is 0 Å². The zero-order chi connectivity index (χ0) is 8.85. The van der Waals surface area contributed by atoms with E-state index < -0.39 is 17.1 Å². The maximum absolute atomic E-state index is 10.7. The van der Waals surface area contributed by atoms with Gasteiger partial charge in [-0.15, -0.1) is 0 Å². The minimum Gasteiger partial charge on any atom is -0.383 e. The molecule has 0 radical (unpaired) electrons. The van der Waals surface area contributed by atoms with Crippen LogP contribution in [0, 0.1) is 5.92 Å². The first-order chi connectivity index (χ1) is 5.11. The van der Waals surface area contributed by atoms with Gasteiger partial charge in [-0.3, -0.25) is 4.21 Å². The summed E-state index contributed by atoms with van der Waals surface area (Å²) in [5.74, 6) is -0.320. The van der Waals surface area contributed by atoms with Crippen LogP contribution >= 0.6 is 0 Å². The van der Waals surface area contributed by atoms with Gasteiger partial charge in [0.25, 0.3) is 0 Å². The topological polar surface area (TPSA) is 66.8 Å². The first-order valence-corrected chi connectivity index (χ1v) is 4.77. The van der Waals surface area contributed by atoms with Crippen LogP contribution in [0.25, 0.3) is 0 Å². The molecule has 0 aromatic heterocycles. The molecule has 0 spiro atoms. The molecular formula is C6H14O4S. The maximum Gasteiger partial charge on any atom is 0.157 e. The molecule has 2 unspecified atom stereocenters. The van der Waals surface area contributed by atoms with Gasteiger partial charge in [-0.25, -0.2) is 0 Å². The van der Waals surface area contributed by atoms with Crippen LogP contribution in [-0.2, 0) is 15.5 Å². The molecule has 0 aromatic carbocycles. The normalized spacial score (nSPS) is 19.3. The Morgan fingerprint density at radius 2 is 2.18 bits per heavy atom. The largest absolute Gasteiger partial charge is 0.383 e. The molecular weight excluding hydrogens is 168 g/mol. The van der Waals surface area contributed by atoms with E-state index in [2.05, 4.69) is 4.74 Å². The zero-order valence-electron chi connectivity index (χ0n) is 6.69. The van der Waals surface area contributed by atoms with Crippen LogP contribution in [0.15, 0.2) is 0 Å². The summed E-state index contributed by atoms with van der Waals surface area (Å²) in [4.78, 5) is 0. The Balaban J connectivity index is 3.67. The van der Waals surface area contributed by atoms with Crippen molar-refractivity contribution >= 4 is 10.8 Å². The van der Waals surface area contributed by atoms with Gasteiger partial charge in [-0.2, -0.15) is 0 Å². The Hall–Kier alpha value is 0.0300. The van der Waals surface area contributed by atoms with E-state index in [-0.39, 0.29) is 17.6 Å². The first-order valence-electron chi connectivity index (χ1n) is 3.28. The lowest BCUT2D eigenvalue weighted by atomic mass is 10.2. The number of aliphatic hydroxyl groups excluding tert-OH is 2. The monoisotopic (exact) mass is 182 g/mol. The van der Waals surface area contributed by atoms with Gasteiger partial charge in [0.15, 0.2) is 6.29 Å². The van der Waals surface area contributed by atoms with E-state index in [1.54, 1.807) is 6.92 Å². The second-order valence-corrected chi connectivity index (χ2v) is 3.81. The van der Waals surface area contributed by atoms with E-state index in [9.17, 15) is 4.21 Å². The van der Waals surface area contributed by atoms with Gasteiger partial charge in [-0.1, -0.05) is 6.92 Å². The molecule has 0 aromatic rings. The zero-order valence-corrected chi connectivity index (χ0v) is 7.50. The molecule has 2 N–H and O–H groups in total. The third kappa shape index (κ3) is 4.47. The highest BCUT2D eigenvalue weighted by Crippen LogP contribution is 2.04. The van der Waals surface area contributed by atoms with E-state index in [1.807, 2.05) is 0 Å². The van der Waals surface area contributed by atoms with Gasteiger partial charge in [0, 0.05) is 29.6 Å². The third-order valence-corrected chi connectivity index (χ3v) is 2.51. The summed E-state index contributed by atoms with van der Waals surface area (Å²) in [5.41, 5.74) is 0. The number of aliphatic hydroxyl groups is 2. The van der Waals surface area contributed by atoms with Crippen molar-refractivity contribution in [1.82, 2.24) is 0 Å². The summed E-state index contributed by atoms with van der Waals surface area (Å²) in [6.45, 7) is 1.71. The van der Waals surface area contributed by atoms with Crippen LogP contribution in [0.4, 0.5) is 0 Å². The lowest BCUT2D eigenvalue weighted by Gasteiger charge is -2.15. The van der Waals surface area contributed by atoms with Crippen LogP contribution < -0.4 is 0 Å². The Morgan fingerprint density at radius 1 is 1.64 bits per heavy atom. The fraction of sp³-hybridized carbons (Fsp3) is 1.00. The molecule has 0 aliphatic rings. The van der Waals surface area contributed by atoms with Crippen molar-refractivity contribution < 1.29 is 19.2 Å². The number of rotatable bonds is 5. The highest BCUT2D eigenvalue weighted by Gasteiger charge is 2.15. The van der Waals surface area contributed by atoms with E-state index in [4.69, 9.17) is 10.2 Å². The second-order valence-electron chi connectivity index (χ2n) is 2.34. The SMILES string of the molecule is COC(O)[C@@H](C)CS(=O)CO. The van der Waals surface area contributed by atoms with E-state index in [0.29, 0.717) is 0 Å². The van der Waals surface area contributed by atoms with Crippen molar-refractivity contribution in [3.05, 3.63) is 0 Å². The molecule has 0 rings (SSSR count). The molecule has 0 aliphatic heterocycles. The minimum atomic E-state index is -1.26. The molecule has 0 fully saturated rings. The molecule has 5 heteroatoms. The summed E-state index contributed by atoms with van der Waals surface area (Å²) < 4.78 is 15.3. The molecule has 0 heterocycles. The first kappa shape index (κ1) is 11.0. The molecule has 68 valence electrons. The summed E-state index contributed by atoms with van der Waals surface area (Å²) in [6.07, 6.45) is -0.898. The Morgan fingerprint density at radius 3 is 2.55 bits per heavy atom. The van der Waals surface area contributed by atoms with Gasteiger partial charge in [0.1, 0.15) is 5.94 Å². The molecule has 0 saturated heterocycles. The van der Waals surface area contributed by atoms with E-state index in [0.717, 1.165) is 0 Å². The van der Waals surface area contributed by atoms with Crippen molar-refractivity contribution in [3.8, 4) is 0 Å². The number of ether oxygens (including phenoxy) is 1. The second kappa shape index (κ2) is 5.65. The molecule has 0 aliphatic carbocycles. The summed E-state index contributed by atoms with van der Waals surface area (Å²) in [5, 5.41) is 17.4. The van der Waals surface area contributed by atoms with Gasteiger partial charge < -0.3 is 14.9 Å². The van der Waals surface area contributed by atoms with Crippen LogP contribution in [0.1, 0.15) is 6.92 Å². The van der Waals surface area contributed by atoms with E-state index >= 15 is 0 Å². The molecule has 0 bridgehead atoms. The fourth-order valence-electron chi connectivity index (χ4n) is 0.661. The Bertz CT molecular complexity index is 128. The average Bonchev–Trinajstić information content (AvgIpc) is 2.02. The highest BCUT2D eigenvalue weighted by molar-refractivity contribution is 7.84. The minimum absolute atomic E-state index is 0.215. The van der Waals surface area contributed by atoms with Crippen molar-refractivity contribution in [2.45, 2.75) is 13.2 Å². The average molecular weight is 182 g/mol. The van der Waals surface area contributed by atoms with Crippen molar-refractivity contribution in [3.63, 3.8) is 0 Å². The van der Waals surface area contributed by atoms with Crippen molar-refractivity contribution in [2.75, 3.05) is 18.8 Å². The summed E-state index contributed by atoms with van der Waals surface area (Å²) >= 11 is 0. The summed E-state index contributed by atoms with van der Waals surface area (Å²) in [7, 11) is 0.114. The van der Waals surface area contributed by atoms with Crippen molar-refractivity contribution in [1.29, 1.82) is 0 Å². The van der Waals surface area contributed by atoms with Crippen LogP contribution in [0.3, 0.4) is 0 Å². The Labute approximate surface area is 68.6 Å². The van der Waals surface area contributed by atoms with Gasteiger partial charge >= 0.3 is 0 Å². The van der Waals surface area contributed by atoms with Gasteiger partial charge in [0.05, 0.1) is 0 Å². The fourth-order valence-corrected chi connectivity index (χ4v) is 1.52. The predicted octanol–water partition coefficient (Wildman–Crippen LogP) is -0.714. The smallest absolute Gasteiger partial charge is 0.157 e. The molecule has 0 amide bonds. The lowest BCUT2D eigenvalue weighted by molar-refractivity contribution is -0.102. The lowest BCUT2D eigenvalue weighted by Crippen LogP contribution is -2.25. The standard InChI is InChI=1S/C6H14O4S/c1-5(6(8)10-2)3-11(9)4-7/h5-8H,3-4H2,1-2H3/t5-,6?,11?/m0/s1. The third-order valence-electron chi connectivity index (χ3n) is 1.32. The number of hydrogen-bond acceptors (Lipinski definition) is 4. The number of methoxy groups -OCH3 is 1. The van der Waals surface area contributed by atoms with Gasteiger partial charge in [-0.05, 0) is 0 Å². The molecule has 0 saturated carbocycles. The quantitative estimate of drug-likeness (QED) is 0.551. The predicted molar refractivity (Wildman–Crippen MR) is 42.3 cm³/mol. The Kier molecular flexibility index (Phi) is 5.67.